The van der Waals surface area contributed by atoms with Gasteiger partial charge in [-0.15, -0.1) is 0 Å². The van der Waals surface area contributed by atoms with E-state index in [0.717, 1.165) is 26.9 Å². The third-order valence-corrected chi connectivity index (χ3v) is 9.12. The molecule has 0 saturated carbocycles. The molecular formula is C35H25N3O4S2. The molecule has 4 heterocycles. The van der Waals surface area contributed by atoms with Crippen LogP contribution in [-0.2, 0) is 9.53 Å². The molecule has 1 aliphatic rings. The van der Waals surface area contributed by atoms with E-state index in [0.29, 0.717) is 31.5 Å². The second kappa shape index (κ2) is 11.9. The molecule has 0 fully saturated rings. The number of hydrogen-bond acceptors (Lipinski definition) is 8. The lowest BCUT2D eigenvalue weighted by atomic mass is 9.93. The largest absolute Gasteiger partial charge is 0.463 e. The van der Waals surface area contributed by atoms with Gasteiger partial charge in [-0.05, 0) is 48.5 Å². The number of thiazole rings is 1. The van der Waals surface area contributed by atoms with E-state index in [4.69, 9.17) is 14.1 Å². The molecular weight excluding hydrogens is 591 g/mol. The van der Waals surface area contributed by atoms with Crippen molar-refractivity contribution < 1.29 is 13.9 Å². The maximum Gasteiger partial charge on any atom is 0.338 e. The summed E-state index contributed by atoms with van der Waals surface area (Å²) in [4.78, 5) is 38.5. The molecule has 7 rings (SSSR count). The van der Waals surface area contributed by atoms with Crippen LogP contribution in [0.2, 0.25) is 0 Å². The van der Waals surface area contributed by atoms with E-state index >= 15 is 0 Å². The standard InChI is InChI=1S/C35H25N3O4S2/c1-2-41-34(40)29-31(23-11-5-3-6-12-23)37-35-38(32(29)24-13-7-4-8-14-24)33(39)27(44-35)21-25-18-19-28(42-25)43-26-17-9-15-22-16-10-20-36-30(22)26/h3-21,32H,2H2,1H3/b27-21-/t32-/m0/s1. The van der Waals surface area contributed by atoms with Crippen molar-refractivity contribution in [2.75, 3.05) is 6.61 Å². The average molecular weight is 616 g/mol. The van der Waals surface area contributed by atoms with Crippen LogP contribution in [0.3, 0.4) is 0 Å². The van der Waals surface area contributed by atoms with Gasteiger partial charge in [0, 0.05) is 28.1 Å². The highest BCUT2D eigenvalue weighted by molar-refractivity contribution is 7.99. The number of ether oxygens (including phenoxy) is 1. The summed E-state index contributed by atoms with van der Waals surface area (Å²) in [7, 11) is 0. The van der Waals surface area contributed by atoms with Crippen LogP contribution in [0.1, 0.15) is 29.9 Å². The molecule has 0 N–H and O–H groups in total. The summed E-state index contributed by atoms with van der Waals surface area (Å²) >= 11 is 2.74. The maximum absolute atomic E-state index is 14.1. The first kappa shape index (κ1) is 27.8. The van der Waals surface area contributed by atoms with Crippen molar-refractivity contribution in [2.24, 2.45) is 4.99 Å². The van der Waals surface area contributed by atoms with Crippen molar-refractivity contribution in [3.63, 3.8) is 0 Å². The summed E-state index contributed by atoms with van der Waals surface area (Å²) < 4.78 is 13.7. The molecule has 0 saturated heterocycles. The minimum absolute atomic E-state index is 0.198. The molecule has 0 spiro atoms. The first-order chi connectivity index (χ1) is 21.6. The first-order valence-corrected chi connectivity index (χ1v) is 15.7. The molecule has 0 bridgehead atoms. The molecule has 6 aromatic rings. The zero-order chi connectivity index (χ0) is 30.0. The lowest BCUT2D eigenvalue weighted by Crippen LogP contribution is -2.39. The van der Waals surface area contributed by atoms with E-state index in [9.17, 15) is 9.59 Å². The minimum Gasteiger partial charge on any atom is -0.463 e. The Bertz CT molecular complexity index is 2210. The van der Waals surface area contributed by atoms with Crippen LogP contribution in [0.4, 0.5) is 0 Å². The predicted molar refractivity (Wildman–Crippen MR) is 172 cm³/mol. The highest BCUT2D eigenvalue weighted by Gasteiger charge is 2.35. The number of nitrogens with zero attached hydrogens (tertiary/aromatic N) is 3. The first-order valence-electron chi connectivity index (χ1n) is 14.1. The number of carbonyl (C=O) groups is 1. The second-order valence-corrected chi connectivity index (χ2v) is 12.0. The van der Waals surface area contributed by atoms with Crippen LogP contribution in [-0.4, -0.2) is 22.1 Å². The van der Waals surface area contributed by atoms with Gasteiger partial charge in [0.1, 0.15) is 5.76 Å². The SMILES string of the molecule is CCOC(=O)C1=C(c2ccccc2)N=c2s/c(=C\c3ccc(Sc4cccc5cccnc45)o3)c(=O)n2[C@H]1c1ccccc1. The second-order valence-electron chi connectivity index (χ2n) is 9.93. The van der Waals surface area contributed by atoms with Gasteiger partial charge in [-0.25, -0.2) is 9.79 Å². The van der Waals surface area contributed by atoms with Crippen molar-refractivity contribution in [1.82, 2.24) is 9.55 Å². The number of esters is 1. The highest BCUT2D eigenvalue weighted by Crippen LogP contribution is 2.36. The molecule has 1 atom stereocenters. The fourth-order valence-corrected chi connectivity index (χ4v) is 7.14. The van der Waals surface area contributed by atoms with Gasteiger partial charge in [0.05, 0.1) is 34.0 Å². The Hall–Kier alpha value is -4.99. The molecule has 0 amide bonds. The zero-order valence-corrected chi connectivity index (χ0v) is 25.2. The van der Waals surface area contributed by atoms with E-state index in [1.165, 1.54) is 23.1 Å². The van der Waals surface area contributed by atoms with E-state index < -0.39 is 12.0 Å². The number of furan rings is 1. The number of fused-ring (bicyclic) bond motifs is 2. The number of rotatable bonds is 7. The topological polar surface area (TPSA) is 86.7 Å². The Morgan fingerprint density at radius 2 is 1.75 bits per heavy atom. The highest BCUT2D eigenvalue weighted by atomic mass is 32.2. The molecule has 3 aromatic carbocycles. The van der Waals surface area contributed by atoms with Gasteiger partial charge in [0.2, 0.25) is 0 Å². The van der Waals surface area contributed by atoms with Crippen molar-refractivity contribution in [3.05, 3.63) is 151 Å². The number of benzene rings is 3. The molecule has 1 aliphatic heterocycles. The fraction of sp³-hybridized carbons (Fsp3) is 0.0857. The summed E-state index contributed by atoms with van der Waals surface area (Å²) in [6.07, 6.45) is 3.51. The van der Waals surface area contributed by atoms with Crippen molar-refractivity contribution in [2.45, 2.75) is 23.0 Å². The quantitative estimate of drug-likeness (QED) is 0.198. The molecule has 0 radical (unpaired) electrons. The Kier molecular flexibility index (Phi) is 7.55. The van der Waals surface area contributed by atoms with Crippen LogP contribution in [0, 0.1) is 0 Å². The van der Waals surface area contributed by atoms with Gasteiger partial charge in [-0.2, -0.15) is 0 Å². The number of carbonyl (C=O) groups excluding carboxylic acids is 1. The third-order valence-electron chi connectivity index (χ3n) is 7.17. The van der Waals surface area contributed by atoms with E-state index in [1.54, 1.807) is 23.8 Å². The van der Waals surface area contributed by atoms with Crippen LogP contribution in [0.5, 0.6) is 0 Å². The van der Waals surface area contributed by atoms with Gasteiger partial charge >= 0.3 is 5.97 Å². The molecule has 216 valence electrons. The third kappa shape index (κ3) is 5.21. The summed E-state index contributed by atoms with van der Waals surface area (Å²) in [6, 6.07) is 32.0. The van der Waals surface area contributed by atoms with Crippen LogP contribution >= 0.6 is 23.1 Å². The Morgan fingerprint density at radius 3 is 2.55 bits per heavy atom. The van der Waals surface area contributed by atoms with Crippen LogP contribution in [0.25, 0.3) is 22.7 Å². The smallest absolute Gasteiger partial charge is 0.338 e. The Morgan fingerprint density at radius 1 is 0.977 bits per heavy atom. The fourth-order valence-electron chi connectivity index (χ4n) is 5.25. The number of hydrogen-bond donors (Lipinski definition) is 0. The molecule has 3 aromatic heterocycles. The minimum atomic E-state index is -0.717. The summed E-state index contributed by atoms with van der Waals surface area (Å²) in [5, 5.41) is 1.73. The summed E-state index contributed by atoms with van der Waals surface area (Å²) in [5.74, 6) is 0.0315. The average Bonchev–Trinajstić information content (AvgIpc) is 3.64. The van der Waals surface area contributed by atoms with Gasteiger partial charge in [-0.3, -0.25) is 14.3 Å². The monoisotopic (exact) mass is 615 g/mol. The number of pyridine rings is 1. The Balaban J connectivity index is 1.35. The van der Waals surface area contributed by atoms with Gasteiger partial charge in [0.15, 0.2) is 9.89 Å². The van der Waals surface area contributed by atoms with Crippen molar-refractivity contribution in [1.29, 1.82) is 0 Å². The van der Waals surface area contributed by atoms with Crippen molar-refractivity contribution in [3.8, 4) is 0 Å². The number of aromatic nitrogens is 2. The predicted octanol–water partition coefficient (Wildman–Crippen LogP) is 6.23. The lowest BCUT2D eigenvalue weighted by Gasteiger charge is -2.25. The molecule has 0 unspecified atom stereocenters. The van der Waals surface area contributed by atoms with Gasteiger partial charge < -0.3 is 9.15 Å². The van der Waals surface area contributed by atoms with E-state index in [-0.39, 0.29) is 12.2 Å². The van der Waals surface area contributed by atoms with E-state index in [2.05, 4.69) is 4.98 Å². The normalized spacial score (nSPS) is 14.8. The summed E-state index contributed by atoms with van der Waals surface area (Å²) in [5.41, 5.74) is 3.01. The molecule has 7 nitrogen and oxygen atoms in total. The van der Waals surface area contributed by atoms with Gasteiger partial charge in [0.25, 0.3) is 5.56 Å². The van der Waals surface area contributed by atoms with Crippen molar-refractivity contribution >= 4 is 51.7 Å². The molecule has 44 heavy (non-hydrogen) atoms. The molecule has 9 heteroatoms. The van der Waals surface area contributed by atoms with E-state index in [1.807, 2.05) is 103 Å². The molecule has 0 aliphatic carbocycles. The number of para-hydroxylation sites is 1. The van der Waals surface area contributed by atoms with Crippen LogP contribution in [0.15, 0.2) is 139 Å². The van der Waals surface area contributed by atoms with Gasteiger partial charge in [-0.1, -0.05) is 90.2 Å². The zero-order valence-electron chi connectivity index (χ0n) is 23.5. The maximum atomic E-state index is 14.1. The lowest BCUT2D eigenvalue weighted by molar-refractivity contribution is -0.138. The van der Waals surface area contributed by atoms with Crippen LogP contribution < -0.4 is 14.9 Å². The Labute approximate surface area is 260 Å². The summed E-state index contributed by atoms with van der Waals surface area (Å²) in [6.45, 7) is 1.96.